The summed E-state index contributed by atoms with van der Waals surface area (Å²) in [5.41, 5.74) is 2.41. The van der Waals surface area contributed by atoms with E-state index in [9.17, 15) is 26.7 Å². The minimum absolute atomic E-state index is 0.0602. The zero-order valence-corrected chi connectivity index (χ0v) is 27.4. The summed E-state index contributed by atoms with van der Waals surface area (Å²) in [6.07, 6.45) is -4.86. The lowest BCUT2D eigenvalue weighted by Gasteiger charge is -2.44. The van der Waals surface area contributed by atoms with Gasteiger partial charge in [0.25, 0.3) is 0 Å². The smallest absolute Gasteiger partial charge is 0.417 e. The van der Waals surface area contributed by atoms with Gasteiger partial charge in [0.2, 0.25) is 11.6 Å². The van der Waals surface area contributed by atoms with Gasteiger partial charge >= 0.3 is 12.2 Å². The molecule has 2 aromatic carbocycles. The van der Waals surface area contributed by atoms with Crippen LogP contribution in [0.15, 0.2) is 30.9 Å². The number of anilines is 2. The summed E-state index contributed by atoms with van der Waals surface area (Å²) in [5, 5.41) is -0.655. The van der Waals surface area contributed by atoms with E-state index in [4.69, 9.17) is 17.0 Å². The highest BCUT2D eigenvalue weighted by Crippen LogP contribution is 2.50. The number of piperazine rings is 1. The number of carbonyl (C=O) groups excluding carboxylic acids is 1. The lowest BCUT2D eigenvalue weighted by Crippen LogP contribution is -2.58. The van der Waals surface area contributed by atoms with E-state index in [1.165, 1.54) is 6.08 Å². The van der Waals surface area contributed by atoms with E-state index in [2.05, 4.69) is 21.4 Å². The number of aromatic nitrogens is 2. The predicted molar refractivity (Wildman–Crippen MR) is 176 cm³/mol. The summed E-state index contributed by atoms with van der Waals surface area (Å²) in [4.78, 5) is 29.5. The number of amides is 1. The molecule has 6 rings (SSSR count). The Balaban J connectivity index is 1.60. The fourth-order valence-electron chi connectivity index (χ4n) is 6.68. The van der Waals surface area contributed by atoms with Crippen LogP contribution in [0, 0.1) is 18.2 Å². The Morgan fingerprint density at radius 3 is 2.57 bits per heavy atom. The molecule has 2 aliphatic rings. The predicted octanol–water partition coefficient (Wildman–Crippen LogP) is 6.97. The maximum absolute atomic E-state index is 17.0. The number of halogens is 6. The molecule has 2 aromatic heterocycles. The number of ether oxygens (including phenoxy) is 1. The van der Waals surface area contributed by atoms with Gasteiger partial charge in [0.1, 0.15) is 29.9 Å². The number of carbonyl (C=O) groups is 1. The number of rotatable bonds is 6. The van der Waals surface area contributed by atoms with Crippen molar-refractivity contribution in [1.29, 1.82) is 0 Å². The van der Waals surface area contributed by atoms with Crippen LogP contribution in [0.5, 0.6) is 6.01 Å². The van der Waals surface area contributed by atoms with Gasteiger partial charge in [-0.25, -0.2) is 18.0 Å². The summed E-state index contributed by atoms with van der Waals surface area (Å²) in [6.45, 7) is 15.0. The third-order valence-corrected chi connectivity index (χ3v) is 10.1. The quantitative estimate of drug-likeness (QED) is 0.132. The highest BCUT2D eigenvalue weighted by molar-refractivity contribution is 7.23. The van der Waals surface area contributed by atoms with E-state index < -0.39 is 52.7 Å². The van der Waals surface area contributed by atoms with E-state index in [0.29, 0.717) is 11.3 Å². The van der Waals surface area contributed by atoms with E-state index >= 15 is 4.39 Å². The molecule has 4 aromatic rings. The second-order valence-electron chi connectivity index (χ2n) is 12.3. The zero-order chi connectivity index (χ0) is 35.5. The largest absolute Gasteiger partial charge is 0.462 e. The highest BCUT2D eigenvalue weighted by atomic mass is 32.1. The van der Waals surface area contributed by atoms with Crippen molar-refractivity contribution in [3.05, 3.63) is 59.5 Å². The summed E-state index contributed by atoms with van der Waals surface area (Å²) in [7, 11) is 1.72. The van der Waals surface area contributed by atoms with Crippen LogP contribution in [0.2, 0.25) is 0 Å². The van der Waals surface area contributed by atoms with Gasteiger partial charge < -0.3 is 20.3 Å². The number of nitrogen functional groups attached to an aromatic ring is 1. The Labute approximate surface area is 281 Å². The van der Waals surface area contributed by atoms with Crippen molar-refractivity contribution in [3.8, 4) is 17.1 Å². The van der Waals surface area contributed by atoms with E-state index in [1.54, 1.807) is 35.6 Å². The molecule has 49 heavy (non-hydrogen) atoms. The second kappa shape index (κ2) is 12.7. The summed E-state index contributed by atoms with van der Waals surface area (Å²) >= 11 is 0.677. The molecule has 16 heteroatoms. The number of alkyl halides is 4. The summed E-state index contributed by atoms with van der Waals surface area (Å²) in [6, 6.07) is 0.990. The molecule has 2 aliphatic heterocycles. The first kappa shape index (κ1) is 34.3. The minimum atomic E-state index is -5.12. The molecular formula is C33H31F6N7O2S. The minimum Gasteiger partial charge on any atom is -0.462 e. The maximum Gasteiger partial charge on any atom is 0.417 e. The molecule has 0 aliphatic carbocycles. The number of nitrogens with zero attached hydrogens (tertiary/aromatic N) is 6. The first-order valence-electron chi connectivity index (χ1n) is 15.3. The number of thiophene rings is 1. The fraction of sp³-hybridized carbons (Fsp3) is 0.394. The van der Waals surface area contributed by atoms with Gasteiger partial charge in [0, 0.05) is 54.1 Å². The molecule has 0 bridgehead atoms. The molecule has 4 unspecified atom stereocenters. The van der Waals surface area contributed by atoms with Crippen molar-refractivity contribution in [2.75, 3.05) is 43.9 Å². The number of likely N-dealkylation sites (N-methyl/N-ethyl adjacent to an activating group) is 1. The average Bonchev–Trinajstić information content (AvgIpc) is 3.57. The van der Waals surface area contributed by atoms with E-state index in [1.807, 2.05) is 0 Å². The van der Waals surface area contributed by atoms with Crippen LogP contribution in [0.25, 0.3) is 37.0 Å². The molecule has 4 atom stereocenters. The van der Waals surface area contributed by atoms with E-state index in [0.717, 1.165) is 18.2 Å². The molecule has 2 N–H and O–H groups in total. The average molecular weight is 704 g/mol. The van der Waals surface area contributed by atoms with Gasteiger partial charge in [0.15, 0.2) is 5.82 Å². The number of hydrogen-bond acceptors (Lipinski definition) is 8. The summed E-state index contributed by atoms with van der Waals surface area (Å²) in [5.74, 6) is -2.61. The Morgan fingerprint density at radius 1 is 1.20 bits per heavy atom. The number of benzene rings is 2. The van der Waals surface area contributed by atoms with Gasteiger partial charge in [-0.15, -0.1) is 11.3 Å². The molecule has 4 heterocycles. The van der Waals surface area contributed by atoms with Gasteiger partial charge in [-0.1, -0.05) is 12.6 Å². The second-order valence-corrected chi connectivity index (χ2v) is 13.4. The van der Waals surface area contributed by atoms with Crippen molar-refractivity contribution in [1.82, 2.24) is 19.8 Å². The van der Waals surface area contributed by atoms with Crippen LogP contribution in [-0.4, -0.2) is 83.3 Å². The lowest BCUT2D eigenvalue weighted by atomic mass is 9.93. The fourth-order valence-corrected chi connectivity index (χ4v) is 7.62. The maximum atomic E-state index is 17.0. The lowest BCUT2D eigenvalue weighted by molar-refractivity contribution is -0.137. The molecule has 2 saturated heterocycles. The van der Waals surface area contributed by atoms with Gasteiger partial charge in [-0.3, -0.25) is 9.69 Å². The third-order valence-electron chi connectivity index (χ3n) is 9.13. The van der Waals surface area contributed by atoms with Gasteiger partial charge in [-0.05, 0) is 51.1 Å². The van der Waals surface area contributed by atoms with Gasteiger partial charge in [-0.2, -0.15) is 23.1 Å². The number of fused-ring (bicyclic) bond motifs is 2. The van der Waals surface area contributed by atoms with Crippen LogP contribution in [0.4, 0.5) is 42.8 Å². The Bertz CT molecular complexity index is 2030. The normalized spacial score (nSPS) is 21.8. The standard InChI is InChI=1S/C33H31F6N7O2S/c1-6-23(47)45-11-16(3)46(12-15(45)2)31-20-10-21(33(37,38)39)24(19-7-8-22(35)29-25(19)28(41-4)30(40)49-29)26(36)27(20)42-32(43-31)48-14-18-9-17(34)13-44(18)5/h6-8,10,15-18H,1,9,11-14,40H2,2-3,5H3. The monoisotopic (exact) mass is 703 g/mol. The van der Waals surface area contributed by atoms with Crippen LogP contribution in [0.3, 0.4) is 0 Å². The first-order valence-corrected chi connectivity index (χ1v) is 16.1. The third kappa shape index (κ3) is 5.99. The molecule has 0 radical (unpaired) electrons. The van der Waals surface area contributed by atoms with Crippen molar-refractivity contribution < 1.29 is 35.9 Å². The number of likely N-dealkylation sites (tertiary alicyclic amines) is 1. The van der Waals surface area contributed by atoms with Crippen molar-refractivity contribution >= 4 is 54.7 Å². The molecule has 2 fully saturated rings. The SMILES string of the molecule is [C-]#[N+]c1c(N)sc2c(F)ccc(-c3c(C(F)(F)F)cc4c(N5CC(C)N(C(=O)C=C)CC5C)nc(OCC5CC(F)CN5C)nc4c3F)c12. The molecule has 0 saturated carbocycles. The Morgan fingerprint density at radius 2 is 1.94 bits per heavy atom. The molecule has 9 nitrogen and oxygen atoms in total. The molecule has 0 spiro atoms. The Hall–Kier alpha value is -4.62. The van der Waals surface area contributed by atoms with Crippen LogP contribution < -0.4 is 15.4 Å². The van der Waals surface area contributed by atoms with Gasteiger partial charge in [0.05, 0.1) is 21.8 Å². The first-order chi connectivity index (χ1) is 23.1. The topological polar surface area (TPSA) is 92.2 Å². The van der Waals surface area contributed by atoms with Crippen molar-refractivity contribution in [3.63, 3.8) is 0 Å². The molecular weight excluding hydrogens is 672 g/mol. The van der Waals surface area contributed by atoms with E-state index in [-0.39, 0.29) is 88.2 Å². The van der Waals surface area contributed by atoms with Crippen LogP contribution >= 0.6 is 11.3 Å². The highest BCUT2D eigenvalue weighted by Gasteiger charge is 2.40. The Kier molecular flexibility index (Phi) is 8.86. The zero-order valence-electron chi connectivity index (χ0n) is 26.6. The van der Waals surface area contributed by atoms with Crippen LogP contribution in [-0.2, 0) is 11.0 Å². The van der Waals surface area contributed by atoms with Crippen molar-refractivity contribution in [2.45, 2.75) is 50.7 Å². The molecule has 258 valence electrons. The summed E-state index contributed by atoms with van der Waals surface area (Å²) < 4.78 is 96.5. The van der Waals surface area contributed by atoms with Crippen molar-refractivity contribution in [2.24, 2.45) is 0 Å². The van der Waals surface area contributed by atoms with Crippen LogP contribution in [0.1, 0.15) is 25.8 Å². The number of nitrogens with two attached hydrogens (primary N) is 1. The number of hydrogen-bond donors (Lipinski definition) is 1. The molecule has 1 amide bonds.